The van der Waals surface area contributed by atoms with Gasteiger partial charge in [0, 0.05) is 55.6 Å². The summed E-state index contributed by atoms with van der Waals surface area (Å²) in [7, 11) is 4.08. The number of hydrogen-bond acceptors (Lipinski definition) is 7. The van der Waals surface area contributed by atoms with E-state index in [0.29, 0.717) is 34.4 Å². The minimum absolute atomic E-state index is 0.00639. The van der Waals surface area contributed by atoms with E-state index in [-0.39, 0.29) is 77.8 Å². The van der Waals surface area contributed by atoms with Crippen LogP contribution in [-0.2, 0) is 25.5 Å². The molecule has 0 radical (unpaired) electrons. The summed E-state index contributed by atoms with van der Waals surface area (Å²) < 4.78 is 7.02. The molecule has 1 aliphatic rings. The summed E-state index contributed by atoms with van der Waals surface area (Å²) in [6, 6.07) is 9.37. The highest BCUT2D eigenvalue weighted by Crippen LogP contribution is 2.37. The molecule has 1 saturated heterocycles. The molecule has 306 valence electrons. The summed E-state index contributed by atoms with van der Waals surface area (Å²) in [5, 5.41) is 5.56. The second-order valence-electron chi connectivity index (χ2n) is 17.6. The number of nitrogens with one attached hydrogen (secondary N) is 1. The number of ether oxygens (including phenoxy) is 1. The normalized spacial score (nSPS) is 20.8. The van der Waals surface area contributed by atoms with E-state index in [0.717, 1.165) is 37.8 Å². The number of amides is 2. The van der Waals surface area contributed by atoms with Crippen molar-refractivity contribution in [3.63, 3.8) is 0 Å². The fourth-order valence-electron chi connectivity index (χ4n) is 8.10. The smallest absolute Gasteiger partial charge is 0.270 e. The lowest BCUT2D eigenvalue weighted by Gasteiger charge is -2.52. The van der Waals surface area contributed by atoms with Crippen LogP contribution in [0.3, 0.4) is 0 Å². The molecule has 1 aromatic carbocycles. The number of hydrogen-bond donors (Lipinski definition) is 1. The molecule has 8 atom stereocenters. The predicted octanol–water partition coefficient (Wildman–Crippen LogP) is 8.64. The topological polar surface area (TPSA) is 106 Å². The molecule has 0 aliphatic carbocycles. The number of likely N-dealkylation sites (tertiary alicyclic amines) is 1. The summed E-state index contributed by atoms with van der Waals surface area (Å²) in [5.41, 5.74) is 1.30. The van der Waals surface area contributed by atoms with Gasteiger partial charge in [-0.15, -0.1) is 17.9 Å². The molecule has 0 spiro atoms. The summed E-state index contributed by atoms with van der Waals surface area (Å²) in [6.07, 6.45) is 6.85. The first-order chi connectivity index (χ1) is 25.8. The van der Waals surface area contributed by atoms with Crippen molar-refractivity contribution in [2.45, 2.75) is 143 Å². The SMILES string of the molecule is C=CCO[C@H](C[C@H](C(C)C)N(C)C(=O)C(CC(=O)C1CCCC[N+]1(C)C(C)(C)C)[C@@H](C)CC)c1nc(C(=O)N[C@@H](Cc2ccccc2)C[C@H](C)C(C)=O)cs1. The van der Waals surface area contributed by atoms with Gasteiger partial charge in [-0.05, 0) is 70.8 Å². The Morgan fingerprint density at radius 1 is 1.09 bits per heavy atom. The first-order valence-corrected chi connectivity index (χ1v) is 21.4. The lowest BCUT2D eigenvalue weighted by atomic mass is 9.81. The average molecular weight is 780 g/mol. The zero-order valence-electron chi connectivity index (χ0n) is 35.7. The van der Waals surface area contributed by atoms with Crippen LogP contribution in [0.4, 0.5) is 0 Å². The highest BCUT2D eigenvalue weighted by molar-refractivity contribution is 7.09. The Balaban J connectivity index is 1.84. The molecule has 3 unspecified atom stereocenters. The number of rotatable bonds is 21. The number of thiazole rings is 1. The van der Waals surface area contributed by atoms with Crippen molar-refractivity contribution in [2.75, 3.05) is 27.2 Å². The maximum absolute atomic E-state index is 14.6. The molecule has 55 heavy (non-hydrogen) atoms. The molecule has 2 aromatic rings. The van der Waals surface area contributed by atoms with Gasteiger partial charge in [0.05, 0.1) is 25.7 Å². The maximum atomic E-state index is 14.6. The summed E-state index contributed by atoms with van der Waals surface area (Å²) in [4.78, 5) is 61.2. The average Bonchev–Trinajstić information content (AvgIpc) is 3.63. The summed E-state index contributed by atoms with van der Waals surface area (Å²) >= 11 is 1.37. The van der Waals surface area contributed by atoms with E-state index >= 15 is 0 Å². The summed E-state index contributed by atoms with van der Waals surface area (Å²) in [6.45, 7) is 23.6. The number of aromatic nitrogens is 1. The Bertz CT molecular complexity index is 1570. The minimum atomic E-state index is -0.485. The number of nitrogens with zero attached hydrogens (tertiary/aromatic N) is 3. The Hall–Kier alpha value is -3.21. The van der Waals surface area contributed by atoms with E-state index in [4.69, 9.17) is 9.72 Å². The van der Waals surface area contributed by atoms with Crippen LogP contribution in [0.2, 0.25) is 0 Å². The molecule has 0 bridgehead atoms. The fourth-order valence-corrected chi connectivity index (χ4v) is 8.96. The molecular formula is C45H71N4O5S+. The highest BCUT2D eigenvalue weighted by Gasteiger charge is 2.49. The van der Waals surface area contributed by atoms with E-state index in [2.05, 4.69) is 67.4 Å². The zero-order valence-corrected chi connectivity index (χ0v) is 36.5. The number of likely N-dealkylation sites (N-methyl/N-ethyl adjacent to an activating group) is 1. The van der Waals surface area contributed by atoms with Gasteiger partial charge in [0.25, 0.3) is 5.91 Å². The molecule has 2 heterocycles. The number of ketones is 2. The van der Waals surface area contributed by atoms with Gasteiger partial charge in [-0.1, -0.05) is 77.4 Å². The van der Waals surface area contributed by atoms with Gasteiger partial charge in [0.1, 0.15) is 28.6 Å². The maximum Gasteiger partial charge on any atom is 0.270 e. The number of Topliss-reactive ketones (excluding diaryl/α,β-unsaturated/α-hetero) is 2. The quantitative estimate of drug-likeness (QED) is 0.101. The lowest BCUT2D eigenvalue weighted by molar-refractivity contribution is -0.971. The van der Waals surface area contributed by atoms with E-state index in [1.807, 2.05) is 49.2 Å². The Labute approximate surface area is 336 Å². The largest absolute Gasteiger partial charge is 0.367 e. The molecule has 2 amide bonds. The molecule has 3 rings (SSSR count). The standard InChI is InChI=1S/C45H70N4O5S/c1-13-24-54-41(43-47-37(29-55-43)42(52)46-35(25-32(6)33(7)50)26-34-20-16-15-17-21-34)28-38(30(3)4)48(11)44(53)36(31(5)14-2)27-40(51)39-22-18-19-23-49(39,12)45(8,9)10/h13,15-17,20-21,29-32,35-36,38-39,41H,1,14,18-19,22-28H2,2-12H3/p+1/t31-,32-,35+,36?,38+,39?,41+,49?/m0/s1. The fraction of sp³-hybridized carbons (Fsp3) is 0.667. The van der Waals surface area contributed by atoms with Crippen molar-refractivity contribution < 1.29 is 28.4 Å². The molecule has 0 saturated carbocycles. The zero-order chi connectivity index (χ0) is 41.1. The van der Waals surface area contributed by atoms with Crippen molar-refractivity contribution >= 4 is 34.7 Å². The van der Waals surface area contributed by atoms with Crippen LogP contribution in [0.5, 0.6) is 0 Å². The molecule has 1 N–H and O–H groups in total. The molecule has 10 heteroatoms. The van der Waals surface area contributed by atoms with Gasteiger partial charge >= 0.3 is 0 Å². The van der Waals surface area contributed by atoms with Crippen molar-refractivity contribution in [1.29, 1.82) is 0 Å². The van der Waals surface area contributed by atoms with Crippen LogP contribution in [0, 0.1) is 23.7 Å². The third kappa shape index (κ3) is 12.4. The first kappa shape index (κ1) is 46.2. The van der Waals surface area contributed by atoms with Crippen molar-refractivity contribution in [3.8, 4) is 0 Å². The molecule has 1 fully saturated rings. The van der Waals surface area contributed by atoms with E-state index < -0.39 is 12.0 Å². The summed E-state index contributed by atoms with van der Waals surface area (Å²) in [5.74, 6) is -0.506. The van der Waals surface area contributed by atoms with Crippen molar-refractivity contribution in [1.82, 2.24) is 15.2 Å². The van der Waals surface area contributed by atoms with Gasteiger partial charge < -0.3 is 19.4 Å². The van der Waals surface area contributed by atoms with Crippen LogP contribution in [0.25, 0.3) is 0 Å². The van der Waals surface area contributed by atoms with E-state index in [1.165, 1.54) is 11.3 Å². The van der Waals surface area contributed by atoms with Crippen LogP contribution < -0.4 is 5.32 Å². The molecule has 9 nitrogen and oxygen atoms in total. The monoisotopic (exact) mass is 780 g/mol. The minimum Gasteiger partial charge on any atom is -0.367 e. The predicted molar refractivity (Wildman–Crippen MR) is 224 cm³/mol. The Kier molecular flexibility index (Phi) is 17.5. The van der Waals surface area contributed by atoms with Gasteiger partial charge in [-0.2, -0.15) is 0 Å². The molecule has 1 aromatic heterocycles. The number of carbonyl (C=O) groups is 4. The van der Waals surface area contributed by atoms with E-state index in [9.17, 15) is 19.2 Å². The van der Waals surface area contributed by atoms with Gasteiger partial charge in [0.15, 0.2) is 5.78 Å². The molecule has 1 aliphatic heterocycles. The number of benzene rings is 1. The van der Waals surface area contributed by atoms with Crippen LogP contribution in [0.15, 0.2) is 48.4 Å². The lowest BCUT2D eigenvalue weighted by Crippen LogP contribution is -2.67. The Morgan fingerprint density at radius 3 is 2.35 bits per heavy atom. The third-order valence-corrected chi connectivity index (χ3v) is 13.5. The first-order valence-electron chi connectivity index (χ1n) is 20.5. The second-order valence-corrected chi connectivity index (χ2v) is 18.5. The van der Waals surface area contributed by atoms with Crippen LogP contribution in [-0.4, -0.2) is 88.7 Å². The third-order valence-electron chi connectivity index (χ3n) is 12.5. The number of piperidine rings is 1. The van der Waals surface area contributed by atoms with Gasteiger partial charge in [-0.25, -0.2) is 4.98 Å². The second kappa shape index (κ2) is 20.8. The number of quaternary nitrogens is 1. The van der Waals surface area contributed by atoms with Gasteiger partial charge in [0.2, 0.25) is 5.91 Å². The van der Waals surface area contributed by atoms with Crippen LogP contribution >= 0.6 is 11.3 Å². The Morgan fingerprint density at radius 2 is 1.76 bits per heavy atom. The number of carbonyl (C=O) groups excluding carboxylic acids is 4. The van der Waals surface area contributed by atoms with Crippen molar-refractivity contribution in [2.24, 2.45) is 23.7 Å². The van der Waals surface area contributed by atoms with Crippen LogP contribution in [0.1, 0.15) is 134 Å². The van der Waals surface area contributed by atoms with E-state index in [1.54, 1.807) is 18.4 Å². The highest BCUT2D eigenvalue weighted by atomic mass is 32.1. The van der Waals surface area contributed by atoms with Crippen molar-refractivity contribution in [3.05, 3.63) is 64.6 Å². The van der Waals surface area contributed by atoms with Gasteiger partial charge in [-0.3, -0.25) is 19.2 Å². The molecular weight excluding hydrogens is 709 g/mol.